The Kier molecular flexibility index (Phi) is 4.01. The second-order valence-corrected chi connectivity index (χ2v) is 5.46. The number of nitrogen functional groups attached to an aromatic ring is 1. The Morgan fingerprint density at radius 2 is 1.58 bits per heavy atom. The fourth-order valence-electron chi connectivity index (χ4n) is 2.54. The van der Waals surface area contributed by atoms with Gasteiger partial charge < -0.3 is 10.8 Å². The third kappa shape index (κ3) is 2.84. The number of carbonyl (C=O) groups excluding carboxylic acids is 2. The van der Waals surface area contributed by atoms with Crippen LogP contribution >= 0.6 is 0 Å². The molecule has 0 fully saturated rings. The number of hydrogen-bond donors (Lipinski definition) is 3. The van der Waals surface area contributed by atoms with Gasteiger partial charge in [-0.3, -0.25) is 14.4 Å². The summed E-state index contributed by atoms with van der Waals surface area (Å²) in [7, 11) is 0. The number of imide groups is 1. The second kappa shape index (κ2) is 6.13. The molecule has 1 atom stereocenters. The summed E-state index contributed by atoms with van der Waals surface area (Å²) in [6.07, 6.45) is 0.100. The molecule has 1 heterocycles. The molecule has 1 aliphatic rings. The highest BCUT2D eigenvalue weighted by atomic mass is 16.4. The minimum absolute atomic E-state index is 0.100. The maximum Gasteiger partial charge on any atom is 0.322 e. The number of nitrogens with two attached hydrogens (primary N) is 1. The molecule has 2 amide bonds. The van der Waals surface area contributed by atoms with E-state index in [9.17, 15) is 19.5 Å². The van der Waals surface area contributed by atoms with Gasteiger partial charge in [0.1, 0.15) is 6.04 Å². The van der Waals surface area contributed by atoms with E-state index in [-0.39, 0.29) is 17.5 Å². The number of fused-ring (bicyclic) bond motifs is 1. The Hall–Kier alpha value is -3.19. The largest absolute Gasteiger partial charge is 0.480 e. The average molecular weight is 325 g/mol. The van der Waals surface area contributed by atoms with Crippen molar-refractivity contribution in [3.8, 4) is 0 Å². The number of aliphatic carboxylic acids is 1. The molecular formula is C17H15N3O4. The molecule has 0 unspecified atom stereocenters. The number of anilines is 1. The van der Waals surface area contributed by atoms with Gasteiger partial charge in [-0.15, -0.1) is 0 Å². The number of hydrazine groups is 1. The normalized spacial score (nSPS) is 14.6. The van der Waals surface area contributed by atoms with Crippen molar-refractivity contribution < 1.29 is 19.5 Å². The van der Waals surface area contributed by atoms with Gasteiger partial charge in [0.25, 0.3) is 11.8 Å². The van der Waals surface area contributed by atoms with Crippen LogP contribution in [0.15, 0.2) is 48.5 Å². The summed E-state index contributed by atoms with van der Waals surface area (Å²) in [5, 5.41) is 10.2. The summed E-state index contributed by atoms with van der Waals surface area (Å²) < 4.78 is 0. The molecule has 0 spiro atoms. The van der Waals surface area contributed by atoms with Crippen LogP contribution < -0.4 is 11.2 Å². The summed E-state index contributed by atoms with van der Waals surface area (Å²) in [5.74, 6) is -2.28. The molecular weight excluding hydrogens is 310 g/mol. The summed E-state index contributed by atoms with van der Waals surface area (Å²) >= 11 is 0. The van der Waals surface area contributed by atoms with E-state index in [1.165, 1.54) is 12.1 Å². The lowest BCUT2D eigenvalue weighted by Gasteiger charge is -2.21. The van der Waals surface area contributed by atoms with E-state index in [1.54, 1.807) is 36.4 Å². The zero-order chi connectivity index (χ0) is 17.3. The van der Waals surface area contributed by atoms with Crippen LogP contribution in [0.5, 0.6) is 0 Å². The molecule has 2 aromatic carbocycles. The van der Waals surface area contributed by atoms with Crippen LogP contribution in [0.4, 0.5) is 5.69 Å². The number of carbonyl (C=O) groups is 3. The molecule has 3 rings (SSSR count). The predicted octanol–water partition coefficient (Wildman–Crippen LogP) is 1.07. The summed E-state index contributed by atoms with van der Waals surface area (Å²) in [4.78, 5) is 36.1. The topological polar surface area (TPSA) is 113 Å². The van der Waals surface area contributed by atoms with Gasteiger partial charge in [0.15, 0.2) is 0 Å². The maximum atomic E-state index is 12.3. The van der Waals surface area contributed by atoms with E-state index in [4.69, 9.17) is 5.73 Å². The van der Waals surface area contributed by atoms with Gasteiger partial charge >= 0.3 is 5.97 Å². The number of nitrogens with one attached hydrogen (secondary N) is 1. The minimum atomic E-state index is -1.16. The lowest BCUT2D eigenvalue weighted by molar-refractivity contribution is -0.140. The first-order valence-corrected chi connectivity index (χ1v) is 7.28. The van der Waals surface area contributed by atoms with Crippen molar-refractivity contribution in [2.24, 2.45) is 0 Å². The number of hydrogen-bond acceptors (Lipinski definition) is 5. The first-order chi connectivity index (χ1) is 11.5. The van der Waals surface area contributed by atoms with Gasteiger partial charge in [0.05, 0.1) is 11.1 Å². The van der Waals surface area contributed by atoms with E-state index in [2.05, 4.69) is 5.43 Å². The van der Waals surface area contributed by atoms with Crippen molar-refractivity contribution in [3.63, 3.8) is 0 Å². The standard InChI is InChI=1S/C17H15N3O4/c18-11-7-5-10(6-8-11)9-14(17(23)24)19-20-15(21)12-3-1-2-4-13(12)16(20)22/h1-8,14,19H,9,18H2,(H,23,24)/t14-/m0/s1. The van der Waals surface area contributed by atoms with Crippen molar-refractivity contribution in [1.29, 1.82) is 0 Å². The third-order valence-corrected chi connectivity index (χ3v) is 3.80. The molecule has 0 aromatic heterocycles. The van der Waals surface area contributed by atoms with Crippen LogP contribution in [0.2, 0.25) is 0 Å². The summed E-state index contributed by atoms with van der Waals surface area (Å²) in [6.45, 7) is 0. The fourth-order valence-corrected chi connectivity index (χ4v) is 2.54. The molecule has 7 heteroatoms. The van der Waals surface area contributed by atoms with Crippen LogP contribution in [0, 0.1) is 0 Å². The molecule has 24 heavy (non-hydrogen) atoms. The average Bonchev–Trinajstić information content (AvgIpc) is 2.81. The summed E-state index contributed by atoms with van der Waals surface area (Å²) in [6, 6.07) is 12.0. The predicted molar refractivity (Wildman–Crippen MR) is 86.1 cm³/mol. The number of amides is 2. The highest BCUT2D eigenvalue weighted by Crippen LogP contribution is 2.21. The molecule has 0 saturated carbocycles. The number of carboxylic acid groups (broad SMARTS) is 1. The van der Waals surface area contributed by atoms with E-state index in [0.717, 1.165) is 10.6 Å². The number of nitrogens with zero attached hydrogens (tertiary/aromatic N) is 1. The zero-order valence-electron chi connectivity index (χ0n) is 12.6. The Labute approximate surface area is 137 Å². The van der Waals surface area contributed by atoms with Crippen molar-refractivity contribution >= 4 is 23.5 Å². The van der Waals surface area contributed by atoms with Crippen LogP contribution in [0.25, 0.3) is 0 Å². The van der Waals surface area contributed by atoms with Gasteiger partial charge in [-0.25, -0.2) is 10.4 Å². The molecule has 1 aliphatic heterocycles. The van der Waals surface area contributed by atoms with Crippen LogP contribution in [-0.2, 0) is 11.2 Å². The van der Waals surface area contributed by atoms with Crippen molar-refractivity contribution in [3.05, 3.63) is 65.2 Å². The maximum absolute atomic E-state index is 12.3. The zero-order valence-corrected chi connectivity index (χ0v) is 12.6. The lowest BCUT2D eigenvalue weighted by Crippen LogP contribution is -2.52. The lowest BCUT2D eigenvalue weighted by atomic mass is 10.1. The van der Waals surface area contributed by atoms with Gasteiger partial charge in [-0.2, -0.15) is 0 Å². The Bertz CT molecular complexity index is 782. The Morgan fingerprint density at radius 3 is 2.08 bits per heavy atom. The molecule has 0 radical (unpaired) electrons. The van der Waals surface area contributed by atoms with E-state index >= 15 is 0 Å². The highest BCUT2D eigenvalue weighted by Gasteiger charge is 2.37. The minimum Gasteiger partial charge on any atom is -0.480 e. The van der Waals surface area contributed by atoms with Crippen molar-refractivity contribution in [2.45, 2.75) is 12.5 Å². The SMILES string of the molecule is Nc1ccc(C[C@H](NN2C(=O)c3ccccc3C2=O)C(=O)O)cc1. The van der Waals surface area contributed by atoms with Crippen LogP contribution in [0.1, 0.15) is 26.3 Å². The summed E-state index contributed by atoms with van der Waals surface area (Å²) in [5.41, 5.74) is 9.94. The smallest absolute Gasteiger partial charge is 0.322 e. The third-order valence-electron chi connectivity index (χ3n) is 3.80. The number of benzene rings is 2. The first-order valence-electron chi connectivity index (χ1n) is 7.28. The van der Waals surface area contributed by atoms with Crippen molar-refractivity contribution in [1.82, 2.24) is 10.4 Å². The fraction of sp³-hybridized carbons (Fsp3) is 0.118. The molecule has 0 aliphatic carbocycles. The Morgan fingerprint density at radius 1 is 1.04 bits per heavy atom. The van der Waals surface area contributed by atoms with E-state index in [1.807, 2.05) is 0 Å². The number of rotatable bonds is 5. The Balaban J connectivity index is 1.80. The number of carboxylic acids is 1. The molecule has 0 saturated heterocycles. The van der Waals surface area contributed by atoms with E-state index in [0.29, 0.717) is 5.69 Å². The van der Waals surface area contributed by atoms with Crippen LogP contribution in [-0.4, -0.2) is 33.9 Å². The second-order valence-electron chi connectivity index (χ2n) is 5.46. The molecule has 0 bridgehead atoms. The molecule has 4 N–H and O–H groups in total. The van der Waals surface area contributed by atoms with Gasteiger partial charge in [0.2, 0.25) is 0 Å². The molecule has 2 aromatic rings. The van der Waals surface area contributed by atoms with Gasteiger partial charge in [0, 0.05) is 12.1 Å². The van der Waals surface area contributed by atoms with E-state index < -0.39 is 23.8 Å². The van der Waals surface area contributed by atoms with Crippen molar-refractivity contribution in [2.75, 3.05) is 5.73 Å². The van der Waals surface area contributed by atoms with Gasteiger partial charge in [-0.05, 0) is 29.8 Å². The van der Waals surface area contributed by atoms with Gasteiger partial charge in [-0.1, -0.05) is 24.3 Å². The first kappa shape index (κ1) is 15.7. The quantitative estimate of drug-likeness (QED) is 0.560. The van der Waals surface area contributed by atoms with Crippen LogP contribution in [0.3, 0.4) is 0 Å². The molecule has 122 valence electrons. The highest BCUT2D eigenvalue weighted by molar-refractivity contribution is 6.21. The molecule has 7 nitrogen and oxygen atoms in total. The monoisotopic (exact) mass is 325 g/mol.